The predicted molar refractivity (Wildman–Crippen MR) is 105 cm³/mol. The lowest BCUT2D eigenvalue weighted by Crippen LogP contribution is -2.30. The molecule has 4 rings (SSSR count). The Morgan fingerprint density at radius 2 is 1.88 bits per heavy atom. The van der Waals surface area contributed by atoms with Gasteiger partial charge in [0, 0.05) is 35.9 Å². The normalized spacial score (nSPS) is 14.6. The molecule has 6 heteroatoms. The van der Waals surface area contributed by atoms with Crippen LogP contribution in [0.4, 0.5) is 5.82 Å². The molecule has 1 aliphatic heterocycles. The van der Waals surface area contributed by atoms with Crippen molar-refractivity contribution in [2.45, 2.75) is 30.0 Å². The molecule has 4 nitrogen and oxygen atoms in total. The zero-order valence-corrected chi connectivity index (χ0v) is 15.6. The highest BCUT2D eigenvalue weighted by Crippen LogP contribution is 2.28. The molecule has 1 fully saturated rings. The summed E-state index contributed by atoms with van der Waals surface area (Å²) in [6.45, 7) is 2.21. The van der Waals surface area contributed by atoms with Crippen molar-refractivity contribution in [3.8, 4) is 10.6 Å². The van der Waals surface area contributed by atoms with Gasteiger partial charge in [0.1, 0.15) is 22.2 Å². The zero-order valence-electron chi connectivity index (χ0n) is 14.0. The third-order valence-electron chi connectivity index (χ3n) is 4.25. The third kappa shape index (κ3) is 4.19. The number of piperidine rings is 1. The average Bonchev–Trinajstić information content (AvgIpc) is 3.17. The van der Waals surface area contributed by atoms with Crippen LogP contribution in [0.3, 0.4) is 0 Å². The minimum absolute atomic E-state index is 0.833. The van der Waals surface area contributed by atoms with Crippen LogP contribution in [0.15, 0.2) is 53.1 Å². The van der Waals surface area contributed by atoms with Crippen LogP contribution in [0.2, 0.25) is 0 Å². The zero-order chi connectivity index (χ0) is 16.9. The summed E-state index contributed by atoms with van der Waals surface area (Å²) in [6, 6.07) is 12.4. The maximum atomic E-state index is 4.75. The van der Waals surface area contributed by atoms with Gasteiger partial charge in [-0.25, -0.2) is 15.0 Å². The molecule has 128 valence electrons. The van der Waals surface area contributed by atoms with E-state index in [1.165, 1.54) is 24.8 Å². The van der Waals surface area contributed by atoms with E-state index in [1.54, 1.807) is 29.4 Å². The van der Waals surface area contributed by atoms with Crippen molar-refractivity contribution in [2.24, 2.45) is 0 Å². The summed E-state index contributed by atoms with van der Waals surface area (Å²) >= 11 is 3.42. The number of aromatic nitrogens is 3. The lowest BCUT2D eigenvalue weighted by molar-refractivity contribution is 0.572. The molecule has 0 unspecified atom stereocenters. The molecule has 25 heavy (non-hydrogen) atoms. The minimum Gasteiger partial charge on any atom is -0.356 e. The van der Waals surface area contributed by atoms with Gasteiger partial charge in [-0.1, -0.05) is 42.1 Å². The van der Waals surface area contributed by atoms with Crippen LogP contribution in [0, 0.1) is 0 Å². The van der Waals surface area contributed by atoms with Crippen molar-refractivity contribution < 1.29 is 0 Å². The van der Waals surface area contributed by atoms with Gasteiger partial charge in [-0.3, -0.25) is 0 Å². The highest BCUT2D eigenvalue weighted by molar-refractivity contribution is 7.98. The third-order valence-corrected chi connectivity index (χ3v) is 6.15. The van der Waals surface area contributed by atoms with E-state index in [-0.39, 0.29) is 0 Å². The molecule has 0 N–H and O–H groups in total. The molecule has 1 aliphatic rings. The van der Waals surface area contributed by atoms with Crippen LogP contribution in [0.1, 0.15) is 25.0 Å². The Morgan fingerprint density at radius 3 is 2.72 bits per heavy atom. The Bertz CT molecular complexity index is 813. The molecule has 3 aromatic rings. The van der Waals surface area contributed by atoms with Gasteiger partial charge in [0.2, 0.25) is 0 Å². The largest absolute Gasteiger partial charge is 0.356 e. The topological polar surface area (TPSA) is 41.9 Å². The van der Waals surface area contributed by atoms with Gasteiger partial charge < -0.3 is 4.90 Å². The van der Waals surface area contributed by atoms with Crippen LogP contribution >= 0.6 is 23.1 Å². The number of nitrogens with zero attached hydrogens (tertiary/aromatic N) is 4. The molecule has 2 aromatic heterocycles. The Labute approximate surface area is 156 Å². The van der Waals surface area contributed by atoms with E-state index < -0.39 is 0 Å². The summed E-state index contributed by atoms with van der Waals surface area (Å²) in [5, 5.41) is 4.24. The second-order valence-electron chi connectivity index (χ2n) is 6.06. The Balaban J connectivity index is 1.41. The molecular formula is C19H20N4S2. The summed E-state index contributed by atoms with van der Waals surface area (Å²) in [7, 11) is 0. The molecule has 1 saturated heterocycles. The van der Waals surface area contributed by atoms with Crippen LogP contribution in [0.25, 0.3) is 10.6 Å². The highest BCUT2D eigenvalue weighted by atomic mass is 32.2. The van der Waals surface area contributed by atoms with E-state index in [1.807, 2.05) is 18.2 Å². The van der Waals surface area contributed by atoms with Crippen molar-refractivity contribution in [3.05, 3.63) is 53.8 Å². The van der Waals surface area contributed by atoms with Gasteiger partial charge >= 0.3 is 0 Å². The maximum absolute atomic E-state index is 4.75. The molecule has 0 saturated carbocycles. The number of thiazole rings is 1. The van der Waals surface area contributed by atoms with Crippen molar-refractivity contribution in [1.29, 1.82) is 0 Å². The monoisotopic (exact) mass is 368 g/mol. The number of hydrogen-bond donors (Lipinski definition) is 0. The second kappa shape index (κ2) is 7.97. The summed E-state index contributed by atoms with van der Waals surface area (Å²) in [6.07, 6.45) is 5.53. The SMILES string of the molecule is c1ccc(-c2nc(CSc3cc(N4CCCCC4)ncn3)cs2)cc1. The van der Waals surface area contributed by atoms with E-state index in [2.05, 4.69) is 38.4 Å². The Hall–Kier alpha value is -1.92. The number of rotatable bonds is 5. The van der Waals surface area contributed by atoms with Crippen molar-refractivity contribution in [3.63, 3.8) is 0 Å². The first kappa shape index (κ1) is 16.5. The first-order valence-corrected chi connectivity index (χ1v) is 10.4. The van der Waals surface area contributed by atoms with Crippen molar-refractivity contribution >= 4 is 28.9 Å². The van der Waals surface area contributed by atoms with Crippen LogP contribution in [-0.4, -0.2) is 28.0 Å². The summed E-state index contributed by atoms with van der Waals surface area (Å²) in [4.78, 5) is 16.0. The number of hydrogen-bond acceptors (Lipinski definition) is 6. The van der Waals surface area contributed by atoms with Crippen LogP contribution in [0.5, 0.6) is 0 Å². The fourth-order valence-electron chi connectivity index (χ4n) is 2.94. The number of benzene rings is 1. The van der Waals surface area contributed by atoms with E-state index in [0.29, 0.717) is 0 Å². The quantitative estimate of drug-likeness (QED) is 0.474. The molecule has 0 atom stereocenters. The molecular weight excluding hydrogens is 348 g/mol. The van der Waals surface area contributed by atoms with Gasteiger partial charge in [-0.15, -0.1) is 11.3 Å². The molecule has 3 heterocycles. The van der Waals surface area contributed by atoms with Gasteiger partial charge in [-0.2, -0.15) is 0 Å². The van der Waals surface area contributed by atoms with E-state index >= 15 is 0 Å². The fourth-order valence-corrected chi connectivity index (χ4v) is 4.62. The summed E-state index contributed by atoms with van der Waals surface area (Å²) in [5.74, 6) is 1.89. The summed E-state index contributed by atoms with van der Waals surface area (Å²) in [5.41, 5.74) is 2.28. The van der Waals surface area contributed by atoms with Gasteiger partial charge in [-0.05, 0) is 19.3 Å². The Kier molecular flexibility index (Phi) is 5.28. The second-order valence-corrected chi connectivity index (χ2v) is 7.91. The number of thioether (sulfide) groups is 1. The molecule has 0 amide bonds. The fraction of sp³-hybridized carbons (Fsp3) is 0.316. The van der Waals surface area contributed by atoms with Crippen LogP contribution < -0.4 is 4.90 Å². The van der Waals surface area contributed by atoms with Crippen molar-refractivity contribution in [2.75, 3.05) is 18.0 Å². The van der Waals surface area contributed by atoms with Gasteiger partial charge in [0.15, 0.2) is 0 Å². The van der Waals surface area contributed by atoms with E-state index in [4.69, 9.17) is 4.98 Å². The minimum atomic E-state index is 0.833. The lowest BCUT2D eigenvalue weighted by Gasteiger charge is -2.27. The molecule has 0 radical (unpaired) electrons. The Morgan fingerprint density at radius 1 is 1.04 bits per heavy atom. The standard InChI is InChI=1S/C19H20N4S2/c1-3-7-15(8-4-1)19-22-16(13-25-19)12-24-18-11-17(20-14-21-18)23-9-5-2-6-10-23/h1,3-4,7-8,11,13-14H,2,5-6,9-10,12H2. The smallest absolute Gasteiger partial charge is 0.133 e. The molecule has 0 bridgehead atoms. The lowest BCUT2D eigenvalue weighted by atomic mass is 10.1. The van der Waals surface area contributed by atoms with Gasteiger partial charge in [0.25, 0.3) is 0 Å². The molecule has 1 aromatic carbocycles. The predicted octanol–water partition coefficient (Wildman–Crippen LogP) is 4.88. The highest BCUT2D eigenvalue weighted by Gasteiger charge is 2.13. The first-order chi connectivity index (χ1) is 12.4. The summed E-state index contributed by atoms with van der Waals surface area (Å²) < 4.78 is 0. The first-order valence-electron chi connectivity index (χ1n) is 8.58. The number of anilines is 1. The average molecular weight is 369 g/mol. The van der Waals surface area contributed by atoms with E-state index in [9.17, 15) is 0 Å². The molecule has 0 spiro atoms. The van der Waals surface area contributed by atoms with E-state index in [0.717, 1.165) is 40.4 Å². The van der Waals surface area contributed by atoms with Crippen molar-refractivity contribution in [1.82, 2.24) is 15.0 Å². The van der Waals surface area contributed by atoms with Gasteiger partial charge in [0.05, 0.1) is 5.69 Å². The van der Waals surface area contributed by atoms with Crippen LogP contribution in [-0.2, 0) is 5.75 Å². The molecule has 0 aliphatic carbocycles. The maximum Gasteiger partial charge on any atom is 0.133 e.